The van der Waals surface area contributed by atoms with Gasteiger partial charge in [0.1, 0.15) is 0 Å². The summed E-state index contributed by atoms with van der Waals surface area (Å²) in [5.41, 5.74) is 0. The lowest BCUT2D eigenvalue weighted by Gasteiger charge is -2.08. The minimum atomic E-state index is -3.10. The maximum atomic E-state index is 11.8. The summed E-state index contributed by atoms with van der Waals surface area (Å²) in [6, 6.07) is 9.01. The maximum absolute atomic E-state index is 11.8. The van der Waals surface area contributed by atoms with Gasteiger partial charge in [0.15, 0.2) is 9.84 Å². The van der Waals surface area contributed by atoms with Crippen molar-refractivity contribution in [1.29, 1.82) is 0 Å². The van der Waals surface area contributed by atoms with E-state index in [1.807, 2.05) is 19.9 Å². The minimum absolute atomic E-state index is 0. The van der Waals surface area contributed by atoms with Crippen molar-refractivity contribution >= 4 is 22.2 Å². The van der Waals surface area contributed by atoms with Gasteiger partial charge in [-0.05, 0) is 25.1 Å². The number of rotatable bonds is 6. The van der Waals surface area contributed by atoms with E-state index in [-0.39, 0.29) is 18.2 Å². The first-order valence-electron chi connectivity index (χ1n) is 5.53. The van der Waals surface area contributed by atoms with Gasteiger partial charge in [0.2, 0.25) is 0 Å². The predicted octanol–water partition coefficient (Wildman–Crippen LogP) is 2.27. The average molecular weight is 278 g/mol. The number of halogens is 1. The lowest BCUT2D eigenvalue weighted by molar-refractivity contribution is 0.568. The number of sulfone groups is 1. The van der Waals surface area contributed by atoms with Gasteiger partial charge < -0.3 is 5.32 Å². The highest BCUT2D eigenvalue weighted by molar-refractivity contribution is 7.91. The molecule has 0 aliphatic rings. The van der Waals surface area contributed by atoms with Crippen LogP contribution in [-0.4, -0.2) is 26.8 Å². The SMILES string of the molecule is CC(C)NCCCS(=O)(=O)c1ccccc1.Cl. The summed E-state index contributed by atoms with van der Waals surface area (Å²) >= 11 is 0. The molecule has 17 heavy (non-hydrogen) atoms. The Bertz CT molecular complexity index is 404. The van der Waals surface area contributed by atoms with Crippen molar-refractivity contribution in [3.63, 3.8) is 0 Å². The Morgan fingerprint density at radius 3 is 2.29 bits per heavy atom. The molecule has 0 amide bonds. The van der Waals surface area contributed by atoms with Crippen LogP contribution in [0.2, 0.25) is 0 Å². The van der Waals surface area contributed by atoms with Gasteiger partial charge in [-0.2, -0.15) is 0 Å². The first-order chi connectivity index (χ1) is 7.52. The van der Waals surface area contributed by atoms with Crippen LogP contribution in [0.5, 0.6) is 0 Å². The fourth-order valence-electron chi connectivity index (χ4n) is 1.40. The van der Waals surface area contributed by atoms with E-state index in [9.17, 15) is 8.42 Å². The summed E-state index contributed by atoms with van der Waals surface area (Å²) < 4.78 is 23.7. The normalized spacial score (nSPS) is 11.2. The van der Waals surface area contributed by atoms with Crippen LogP contribution in [0.25, 0.3) is 0 Å². The second-order valence-electron chi connectivity index (χ2n) is 4.09. The molecule has 0 heterocycles. The molecule has 1 N–H and O–H groups in total. The van der Waals surface area contributed by atoms with E-state index in [1.54, 1.807) is 24.3 Å². The van der Waals surface area contributed by atoms with E-state index in [1.165, 1.54) is 0 Å². The molecule has 0 saturated heterocycles. The molecule has 0 unspecified atom stereocenters. The van der Waals surface area contributed by atoms with Crippen molar-refractivity contribution in [1.82, 2.24) is 5.32 Å². The molecule has 0 atom stereocenters. The zero-order valence-corrected chi connectivity index (χ0v) is 11.9. The van der Waals surface area contributed by atoms with Crippen molar-refractivity contribution in [2.24, 2.45) is 0 Å². The molecular weight excluding hydrogens is 258 g/mol. The van der Waals surface area contributed by atoms with Crippen LogP contribution in [-0.2, 0) is 9.84 Å². The Balaban J connectivity index is 0.00000256. The second-order valence-corrected chi connectivity index (χ2v) is 6.20. The lowest BCUT2D eigenvalue weighted by atomic mass is 10.4. The van der Waals surface area contributed by atoms with Gasteiger partial charge in [-0.3, -0.25) is 0 Å². The molecule has 0 aliphatic heterocycles. The van der Waals surface area contributed by atoms with Crippen LogP contribution in [0.1, 0.15) is 20.3 Å². The molecule has 1 aromatic carbocycles. The van der Waals surface area contributed by atoms with E-state index >= 15 is 0 Å². The second kappa shape index (κ2) is 7.69. The van der Waals surface area contributed by atoms with E-state index in [0.29, 0.717) is 17.4 Å². The zero-order chi connectivity index (χ0) is 12.0. The van der Waals surface area contributed by atoms with Crippen molar-refractivity contribution < 1.29 is 8.42 Å². The maximum Gasteiger partial charge on any atom is 0.178 e. The molecule has 5 heteroatoms. The molecule has 0 bridgehead atoms. The summed E-state index contributed by atoms with van der Waals surface area (Å²) in [6.07, 6.45) is 0.648. The van der Waals surface area contributed by atoms with Gasteiger partial charge in [0.25, 0.3) is 0 Å². The highest BCUT2D eigenvalue weighted by atomic mass is 35.5. The molecule has 0 radical (unpaired) electrons. The molecule has 0 aliphatic carbocycles. The van der Waals surface area contributed by atoms with Crippen LogP contribution >= 0.6 is 12.4 Å². The van der Waals surface area contributed by atoms with Crippen LogP contribution in [0.3, 0.4) is 0 Å². The van der Waals surface area contributed by atoms with Crippen LogP contribution in [0.4, 0.5) is 0 Å². The summed E-state index contributed by atoms with van der Waals surface area (Å²) in [7, 11) is -3.10. The molecule has 98 valence electrons. The molecule has 0 spiro atoms. The highest BCUT2D eigenvalue weighted by Gasteiger charge is 2.12. The lowest BCUT2D eigenvalue weighted by Crippen LogP contribution is -2.25. The Labute approximate surface area is 110 Å². The van der Waals surface area contributed by atoms with Gasteiger partial charge in [-0.15, -0.1) is 12.4 Å². The Morgan fingerprint density at radius 2 is 1.76 bits per heavy atom. The van der Waals surface area contributed by atoms with Gasteiger partial charge in [0.05, 0.1) is 10.6 Å². The minimum Gasteiger partial charge on any atom is -0.314 e. The summed E-state index contributed by atoms with van der Waals surface area (Å²) in [5.74, 6) is 0.205. The Morgan fingerprint density at radius 1 is 1.18 bits per heavy atom. The highest BCUT2D eigenvalue weighted by Crippen LogP contribution is 2.10. The molecule has 0 fully saturated rings. The van der Waals surface area contributed by atoms with E-state index in [0.717, 1.165) is 6.54 Å². The van der Waals surface area contributed by atoms with Crippen molar-refractivity contribution in [2.75, 3.05) is 12.3 Å². The molecule has 0 saturated carbocycles. The number of hydrogen-bond donors (Lipinski definition) is 1. The average Bonchev–Trinajstić information content (AvgIpc) is 2.26. The number of benzene rings is 1. The molecule has 1 rings (SSSR count). The summed E-state index contributed by atoms with van der Waals surface area (Å²) in [6.45, 7) is 4.83. The predicted molar refractivity (Wildman–Crippen MR) is 73.5 cm³/mol. The topological polar surface area (TPSA) is 46.2 Å². The zero-order valence-electron chi connectivity index (χ0n) is 10.2. The summed E-state index contributed by atoms with van der Waals surface area (Å²) in [5, 5.41) is 3.21. The third kappa shape index (κ3) is 6.05. The first kappa shape index (κ1) is 16.4. The van der Waals surface area contributed by atoms with Gasteiger partial charge >= 0.3 is 0 Å². The molecule has 1 aromatic rings. The smallest absolute Gasteiger partial charge is 0.178 e. The van der Waals surface area contributed by atoms with E-state index in [4.69, 9.17) is 0 Å². The first-order valence-corrected chi connectivity index (χ1v) is 7.19. The van der Waals surface area contributed by atoms with Gasteiger partial charge in [0, 0.05) is 6.04 Å². The summed E-state index contributed by atoms with van der Waals surface area (Å²) in [4.78, 5) is 0.416. The number of hydrogen-bond acceptors (Lipinski definition) is 3. The molecular formula is C12H20ClNO2S. The van der Waals surface area contributed by atoms with E-state index < -0.39 is 9.84 Å². The van der Waals surface area contributed by atoms with E-state index in [2.05, 4.69) is 5.32 Å². The molecule has 0 aromatic heterocycles. The van der Waals surface area contributed by atoms with Crippen molar-refractivity contribution in [2.45, 2.75) is 31.2 Å². The number of nitrogens with one attached hydrogen (secondary N) is 1. The monoisotopic (exact) mass is 277 g/mol. The van der Waals surface area contributed by atoms with Gasteiger partial charge in [-0.1, -0.05) is 32.0 Å². The van der Waals surface area contributed by atoms with Crippen molar-refractivity contribution in [3.05, 3.63) is 30.3 Å². The van der Waals surface area contributed by atoms with Gasteiger partial charge in [-0.25, -0.2) is 8.42 Å². The van der Waals surface area contributed by atoms with Crippen LogP contribution in [0, 0.1) is 0 Å². The largest absolute Gasteiger partial charge is 0.314 e. The Kier molecular flexibility index (Phi) is 7.43. The quantitative estimate of drug-likeness (QED) is 0.812. The fourth-order valence-corrected chi connectivity index (χ4v) is 2.73. The van der Waals surface area contributed by atoms with Crippen LogP contribution in [0.15, 0.2) is 35.2 Å². The van der Waals surface area contributed by atoms with Crippen LogP contribution < -0.4 is 5.32 Å². The van der Waals surface area contributed by atoms with Crippen molar-refractivity contribution in [3.8, 4) is 0 Å². The Hall–Kier alpha value is -0.580. The molecule has 3 nitrogen and oxygen atoms in total. The fraction of sp³-hybridized carbons (Fsp3) is 0.500. The standard InChI is InChI=1S/C12H19NO2S.ClH/c1-11(2)13-9-6-10-16(14,15)12-7-4-3-5-8-12;/h3-5,7-8,11,13H,6,9-10H2,1-2H3;1H. The third-order valence-corrected chi connectivity index (χ3v) is 4.06. The third-order valence-electron chi connectivity index (χ3n) is 2.24.